The largest absolute Gasteiger partial charge is 0.468 e. The number of nitrogens with zero attached hydrogens (tertiary/aromatic N) is 2. The van der Waals surface area contributed by atoms with Crippen molar-refractivity contribution >= 4 is 27.6 Å². The van der Waals surface area contributed by atoms with Gasteiger partial charge in [0.05, 0.1) is 29.6 Å². The lowest BCUT2D eigenvalue weighted by molar-refractivity contribution is -0.384. The Morgan fingerprint density at radius 1 is 1.07 bits per heavy atom. The second-order valence-corrected chi connectivity index (χ2v) is 8.19. The predicted octanol–water partition coefficient (Wildman–Crippen LogP) is 2.05. The number of methoxy groups -OCH3 is 2. The number of carbonyl (C=O) groups excluding carboxylic acids is 2. The number of esters is 2. The number of benzene rings is 2. The fourth-order valence-corrected chi connectivity index (χ4v) is 3.98. The Kier molecular flexibility index (Phi) is 7.24. The van der Waals surface area contributed by atoms with Crippen LogP contribution in [-0.2, 0) is 30.8 Å². The topological polar surface area (TPSA) is 133 Å². The van der Waals surface area contributed by atoms with Crippen molar-refractivity contribution in [3.8, 4) is 0 Å². The third kappa shape index (κ3) is 5.19. The van der Waals surface area contributed by atoms with Gasteiger partial charge in [0.1, 0.15) is 6.54 Å². The lowest BCUT2D eigenvalue weighted by atomic mass is 10.1. The molecule has 0 bridgehead atoms. The number of aryl methyl sites for hydroxylation is 1. The van der Waals surface area contributed by atoms with E-state index in [2.05, 4.69) is 9.47 Å². The lowest BCUT2D eigenvalue weighted by Crippen LogP contribution is -2.36. The van der Waals surface area contributed by atoms with Crippen molar-refractivity contribution in [3.63, 3.8) is 0 Å². The molecule has 0 aliphatic rings. The molecule has 0 heterocycles. The summed E-state index contributed by atoms with van der Waals surface area (Å²) in [5.41, 5.74) is 0.441. The van der Waals surface area contributed by atoms with Gasteiger partial charge in [0, 0.05) is 18.7 Å². The van der Waals surface area contributed by atoms with Gasteiger partial charge in [-0.2, -0.15) is 4.31 Å². The lowest BCUT2D eigenvalue weighted by Gasteiger charge is -2.22. The molecule has 0 radical (unpaired) electrons. The van der Waals surface area contributed by atoms with Gasteiger partial charge in [-0.25, -0.2) is 13.2 Å². The number of hydrogen-bond donors (Lipinski definition) is 0. The number of hydrogen-bond acceptors (Lipinski definition) is 8. The van der Waals surface area contributed by atoms with Gasteiger partial charge in [0.2, 0.25) is 10.0 Å². The minimum atomic E-state index is -4.19. The number of sulfonamides is 1. The van der Waals surface area contributed by atoms with Gasteiger partial charge in [0.25, 0.3) is 5.69 Å². The first kappa shape index (κ1) is 23.0. The van der Waals surface area contributed by atoms with E-state index in [1.54, 1.807) is 19.1 Å². The zero-order valence-electron chi connectivity index (χ0n) is 16.5. The van der Waals surface area contributed by atoms with Crippen LogP contribution in [0.25, 0.3) is 0 Å². The van der Waals surface area contributed by atoms with Gasteiger partial charge in [-0.15, -0.1) is 0 Å². The molecule has 30 heavy (non-hydrogen) atoms. The molecule has 0 saturated carbocycles. The number of non-ortho nitro benzene ring substituents is 1. The summed E-state index contributed by atoms with van der Waals surface area (Å²) in [7, 11) is -1.96. The van der Waals surface area contributed by atoms with E-state index in [-0.39, 0.29) is 21.7 Å². The van der Waals surface area contributed by atoms with Crippen LogP contribution < -0.4 is 0 Å². The minimum absolute atomic E-state index is 0.00985. The average molecular weight is 436 g/mol. The summed E-state index contributed by atoms with van der Waals surface area (Å²) in [4.78, 5) is 34.3. The highest BCUT2D eigenvalue weighted by Crippen LogP contribution is 2.24. The first-order valence-corrected chi connectivity index (χ1v) is 10.0. The van der Waals surface area contributed by atoms with Crippen molar-refractivity contribution in [3.05, 3.63) is 69.3 Å². The molecule has 0 aliphatic heterocycles. The zero-order chi connectivity index (χ0) is 22.5. The van der Waals surface area contributed by atoms with Gasteiger partial charge >= 0.3 is 11.9 Å². The molecule has 0 unspecified atom stereocenters. The van der Waals surface area contributed by atoms with Gasteiger partial charge < -0.3 is 9.47 Å². The Bertz CT molecular complexity index is 1060. The van der Waals surface area contributed by atoms with Crippen LogP contribution in [0.15, 0.2) is 47.4 Å². The average Bonchev–Trinajstić information content (AvgIpc) is 2.72. The Balaban J connectivity index is 2.57. The molecule has 0 saturated heterocycles. The fraction of sp³-hybridized carbons (Fsp3) is 0.263. The Morgan fingerprint density at radius 3 is 2.23 bits per heavy atom. The minimum Gasteiger partial charge on any atom is -0.468 e. The Labute approximate surface area is 173 Å². The molecule has 2 aromatic carbocycles. The van der Waals surface area contributed by atoms with Crippen molar-refractivity contribution in [2.75, 3.05) is 20.8 Å². The molecule has 0 fully saturated rings. The molecule has 10 nitrogen and oxygen atoms in total. The molecule has 0 amide bonds. The van der Waals surface area contributed by atoms with Crippen LogP contribution in [0.3, 0.4) is 0 Å². The zero-order valence-corrected chi connectivity index (χ0v) is 17.3. The maximum Gasteiger partial charge on any atom is 0.338 e. The van der Waals surface area contributed by atoms with Crippen molar-refractivity contribution in [2.45, 2.75) is 18.4 Å². The summed E-state index contributed by atoms with van der Waals surface area (Å²) in [5, 5.41) is 11.1. The van der Waals surface area contributed by atoms with Crippen molar-refractivity contribution in [2.24, 2.45) is 0 Å². The van der Waals surface area contributed by atoms with E-state index in [0.29, 0.717) is 0 Å². The smallest absolute Gasteiger partial charge is 0.338 e. The Morgan fingerprint density at radius 2 is 1.70 bits per heavy atom. The normalized spacial score (nSPS) is 11.2. The number of ether oxygens (including phenoxy) is 2. The predicted molar refractivity (Wildman–Crippen MR) is 105 cm³/mol. The van der Waals surface area contributed by atoms with Gasteiger partial charge in [-0.1, -0.05) is 17.7 Å². The van der Waals surface area contributed by atoms with Crippen molar-refractivity contribution in [1.29, 1.82) is 0 Å². The second kappa shape index (κ2) is 9.46. The summed E-state index contributed by atoms with van der Waals surface area (Å²) in [6.07, 6.45) is 0. The van der Waals surface area contributed by atoms with Crippen LogP contribution in [0.5, 0.6) is 0 Å². The second-order valence-electron chi connectivity index (χ2n) is 6.25. The maximum atomic E-state index is 13.1. The van der Waals surface area contributed by atoms with Gasteiger partial charge in [-0.05, 0) is 30.7 Å². The standard InChI is InChI=1S/C19H20N2O8S/c1-13-4-7-16(8-5-13)30(26,27)20(12-18(22)28-2)11-14-10-15(21(24)25)6-9-17(14)19(23)29-3/h4-10H,11-12H2,1-3H3. The highest BCUT2D eigenvalue weighted by atomic mass is 32.2. The quantitative estimate of drug-likeness (QED) is 0.349. The number of nitro benzene ring substituents is 1. The monoisotopic (exact) mass is 436 g/mol. The molecule has 0 N–H and O–H groups in total. The van der Waals surface area contributed by atoms with E-state index in [1.165, 1.54) is 18.2 Å². The van der Waals surface area contributed by atoms with Gasteiger partial charge in [-0.3, -0.25) is 14.9 Å². The van der Waals surface area contributed by atoms with E-state index in [9.17, 15) is 28.1 Å². The first-order valence-electron chi connectivity index (χ1n) is 8.59. The van der Waals surface area contributed by atoms with E-state index >= 15 is 0 Å². The van der Waals surface area contributed by atoms with Crippen LogP contribution in [-0.4, -0.2) is 50.3 Å². The molecular formula is C19H20N2O8S. The van der Waals surface area contributed by atoms with Crippen LogP contribution in [0.1, 0.15) is 21.5 Å². The van der Waals surface area contributed by atoms with E-state index in [4.69, 9.17) is 0 Å². The number of carbonyl (C=O) groups is 2. The number of nitro groups is 1. The summed E-state index contributed by atoms with van der Waals surface area (Å²) >= 11 is 0. The SMILES string of the molecule is COC(=O)CN(Cc1cc([N+](=O)[O-])ccc1C(=O)OC)S(=O)(=O)c1ccc(C)cc1. The highest BCUT2D eigenvalue weighted by molar-refractivity contribution is 7.89. The third-order valence-electron chi connectivity index (χ3n) is 4.24. The summed E-state index contributed by atoms with van der Waals surface area (Å²) in [6.45, 7) is 0.641. The molecule has 0 aliphatic carbocycles. The molecule has 11 heteroatoms. The maximum absolute atomic E-state index is 13.1. The van der Waals surface area contributed by atoms with E-state index in [1.807, 2.05) is 0 Å². The fourth-order valence-electron chi connectivity index (χ4n) is 2.62. The summed E-state index contributed by atoms with van der Waals surface area (Å²) < 4.78 is 36.3. The van der Waals surface area contributed by atoms with Crippen LogP contribution in [0.2, 0.25) is 0 Å². The molecule has 0 aromatic heterocycles. The third-order valence-corrected chi connectivity index (χ3v) is 6.05. The van der Waals surface area contributed by atoms with Crippen LogP contribution in [0.4, 0.5) is 5.69 Å². The van der Waals surface area contributed by atoms with E-state index in [0.717, 1.165) is 36.2 Å². The van der Waals surface area contributed by atoms with E-state index < -0.39 is 40.0 Å². The molecule has 160 valence electrons. The molecule has 2 rings (SSSR count). The first-order chi connectivity index (χ1) is 14.1. The van der Waals surface area contributed by atoms with Gasteiger partial charge in [0.15, 0.2) is 0 Å². The summed E-state index contributed by atoms with van der Waals surface area (Å²) in [5.74, 6) is -1.64. The Hall–Kier alpha value is -3.31. The summed E-state index contributed by atoms with van der Waals surface area (Å²) in [6, 6.07) is 9.30. The molecule has 0 spiro atoms. The molecule has 2 aromatic rings. The van der Waals surface area contributed by atoms with Crippen molar-refractivity contribution < 1.29 is 32.4 Å². The van der Waals surface area contributed by atoms with Crippen LogP contribution >= 0.6 is 0 Å². The molecule has 0 atom stereocenters. The van der Waals surface area contributed by atoms with Crippen LogP contribution in [0, 0.1) is 17.0 Å². The molecular weight excluding hydrogens is 416 g/mol. The van der Waals surface area contributed by atoms with Crippen molar-refractivity contribution in [1.82, 2.24) is 4.31 Å². The highest BCUT2D eigenvalue weighted by Gasteiger charge is 2.29. The number of rotatable bonds is 8.